The molecule has 0 radical (unpaired) electrons. The molecular formula is C14H19N3O4. The summed E-state index contributed by atoms with van der Waals surface area (Å²) in [5, 5.41) is 11.0. The number of carbonyl (C=O) groups excluding carboxylic acids is 2. The molecule has 1 aromatic carbocycles. The van der Waals surface area contributed by atoms with Gasteiger partial charge in [-0.3, -0.25) is 9.59 Å². The van der Waals surface area contributed by atoms with Crippen LogP contribution in [0.3, 0.4) is 0 Å². The van der Waals surface area contributed by atoms with E-state index in [0.29, 0.717) is 25.1 Å². The summed E-state index contributed by atoms with van der Waals surface area (Å²) in [5.74, 6) is -1.04. The molecule has 7 heteroatoms. The zero-order chi connectivity index (χ0) is 15.8. The molecule has 0 aliphatic rings. The highest BCUT2D eigenvalue weighted by atomic mass is 16.4. The van der Waals surface area contributed by atoms with E-state index in [2.05, 4.69) is 5.32 Å². The molecule has 114 valence electrons. The van der Waals surface area contributed by atoms with Gasteiger partial charge in [0.15, 0.2) is 0 Å². The summed E-state index contributed by atoms with van der Waals surface area (Å²) >= 11 is 0. The lowest BCUT2D eigenvalue weighted by Gasteiger charge is -2.16. The van der Waals surface area contributed by atoms with Crippen LogP contribution in [0.15, 0.2) is 24.3 Å². The number of hydrogen-bond donors (Lipinski definition) is 3. The van der Waals surface area contributed by atoms with Crippen molar-refractivity contribution in [3.8, 4) is 0 Å². The van der Waals surface area contributed by atoms with Gasteiger partial charge in [0.1, 0.15) is 0 Å². The standard InChI is InChI=1S/C14H19N3O4/c1-17(8-2-3-12(18)19)13(20)11-6-4-10(5-7-11)9-16-14(15)21/h4-7H,2-3,8-9H2,1H3,(H,18,19)(H3,15,16,21). The molecule has 0 unspecified atom stereocenters. The molecule has 0 saturated heterocycles. The fraction of sp³-hybridized carbons (Fsp3) is 0.357. The number of aliphatic carboxylic acids is 1. The number of rotatable bonds is 7. The van der Waals surface area contributed by atoms with Gasteiger partial charge in [-0.1, -0.05) is 12.1 Å². The third kappa shape index (κ3) is 5.94. The smallest absolute Gasteiger partial charge is 0.312 e. The van der Waals surface area contributed by atoms with Crippen LogP contribution < -0.4 is 11.1 Å². The van der Waals surface area contributed by atoms with Gasteiger partial charge in [-0.2, -0.15) is 0 Å². The van der Waals surface area contributed by atoms with Gasteiger partial charge in [-0.15, -0.1) is 0 Å². The Balaban J connectivity index is 2.53. The summed E-state index contributed by atoms with van der Waals surface area (Å²) in [6.45, 7) is 0.689. The molecule has 3 amide bonds. The number of nitrogens with two attached hydrogens (primary N) is 1. The second kappa shape index (κ2) is 7.88. The maximum Gasteiger partial charge on any atom is 0.312 e. The van der Waals surface area contributed by atoms with E-state index < -0.39 is 12.0 Å². The third-order valence-corrected chi connectivity index (χ3v) is 2.90. The number of carboxylic acid groups (broad SMARTS) is 1. The Hall–Kier alpha value is -2.57. The van der Waals surface area contributed by atoms with E-state index >= 15 is 0 Å². The molecule has 7 nitrogen and oxygen atoms in total. The fourth-order valence-electron chi connectivity index (χ4n) is 1.74. The molecule has 0 heterocycles. The van der Waals surface area contributed by atoms with Gasteiger partial charge in [0, 0.05) is 32.1 Å². The highest BCUT2D eigenvalue weighted by molar-refractivity contribution is 5.94. The zero-order valence-corrected chi connectivity index (χ0v) is 11.8. The highest BCUT2D eigenvalue weighted by Gasteiger charge is 2.11. The average Bonchev–Trinajstić information content (AvgIpc) is 2.44. The van der Waals surface area contributed by atoms with E-state index in [4.69, 9.17) is 10.8 Å². The van der Waals surface area contributed by atoms with Crippen LogP contribution in [0.1, 0.15) is 28.8 Å². The fourth-order valence-corrected chi connectivity index (χ4v) is 1.74. The molecule has 1 aromatic rings. The number of nitrogens with one attached hydrogen (secondary N) is 1. The molecule has 0 saturated carbocycles. The van der Waals surface area contributed by atoms with Crippen LogP contribution in [0, 0.1) is 0 Å². The average molecular weight is 293 g/mol. The van der Waals surface area contributed by atoms with Crippen molar-refractivity contribution >= 4 is 17.9 Å². The van der Waals surface area contributed by atoms with Gasteiger partial charge in [0.05, 0.1) is 0 Å². The topological polar surface area (TPSA) is 113 Å². The van der Waals surface area contributed by atoms with Crippen molar-refractivity contribution in [3.05, 3.63) is 35.4 Å². The van der Waals surface area contributed by atoms with Crippen molar-refractivity contribution in [3.63, 3.8) is 0 Å². The van der Waals surface area contributed by atoms with Gasteiger partial charge in [-0.25, -0.2) is 4.79 Å². The van der Waals surface area contributed by atoms with Gasteiger partial charge in [0.25, 0.3) is 5.91 Å². The van der Waals surface area contributed by atoms with Gasteiger partial charge >= 0.3 is 12.0 Å². The van der Waals surface area contributed by atoms with Crippen LogP contribution in [0.4, 0.5) is 4.79 Å². The molecule has 0 bridgehead atoms. The maximum atomic E-state index is 12.1. The molecule has 0 spiro atoms. The Morgan fingerprint density at radius 3 is 2.38 bits per heavy atom. The van der Waals surface area contributed by atoms with Crippen molar-refractivity contribution in [1.82, 2.24) is 10.2 Å². The number of urea groups is 1. The minimum Gasteiger partial charge on any atom is -0.481 e. The minimum atomic E-state index is -0.873. The predicted molar refractivity (Wildman–Crippen MR) is 76.7 cm³/mol. The number of nitrogens with zero attached hydrogens (tertiary/aromatic N) is 1. The zero-order valence-electron chi connectivity index (χ0n) is 11.8. The third-order valence-electron chi connectivity index (χ3n) is 2.90. The van der Waals surface area contributed by atoms with Crippen molar-refractivity contribution in [2.75, 3.05) is 13.6 Å². The first-order valence-electron chi connectivity index (χ1n) is 6.49. The lowest BCUT2D eigenvalue weighted by atomic mass is 10.1. The normalized spacial score (nSPS) is 9.95. The maximum absolute atomic E-state index is 12.1. The SMILES string of the molecule is CN(CCCC(=O)O)C(=O)c1ccc(CNC(N)=O)cc1. The number of hydrogen-bond acceptors (Lipinski definition) is 3. The highest BCUT2D eigenvalue weighted by Crippen LogP contribution is 2.08. The summed E-state index contributed by atoms with van der Waals surface area (Å²) in [7, 11) is 1.63. The van der Waals surface area contributed by atoms with Crippen molar-refractivity contribution < 1.29 is 19.5 Å². The first-order valence-corrected chi connectivity index (χ1v) is 6.49. The second-order valence-corrected chi connectivity index (χ2v) is 4.64. The van der Waals surface area contributed by atoms with Crippen LogP contribution in [-0.2, 0) is 11.3 Å². The molecule has 1 rings (SSSR count). The Morgan fingerprint density at radius 2 is 1.86 bits per heavy atom. The first-order chi connectivity index (χ1) is 9.90. The van der Waals surface area contributed by atoms with Crippen molar-refractivity contribution in [1.29, 1.82) is 0 Å². The van der Waals surface area contributed by atoms with E-state index in [-0.39, 0.29) is 12.3 Å². The van der Waals surface area contributed by atoms with Crippen LogP contribution in [0.25, 0.3) is 0 Å². The van der Waals surface area contributed by atoms with E-state index in [1.807, 2.05) is 0 Å². The number of amides is 3. The van der Waals surface area contributed by atoms with E-state index in [9.17, 15) is 14.4 Å². The predicted octanol–water partition coefficient (Wildman–Crippen LogP) is 0.792. The molecule has 0 fully saturated rings. The summed E-state index contributed by atoms with van der Waals surface area (Å²) in [6, 6.07) is 6.18. The molecule has 0 atom stereocenters. The monoisotopic (exact) mass is 293 g/mol. The Kier molecular flexibility index (Phi) is 6.19. The van der Waals surface area contributed by atoms with Gasteiger partial charge in [0.2, 0.25) is 0 Å². The molecule has 0 aliphatic carbocycles. The van der Waals surface area contributed by atoms with Gasteiger partial charge in [-0.05, 0) is 24.1 Å². The largest absolute Gasteiger partial charge is 0.481 e. The van der Waals surface area contributed by atoms with Crippen molar-refractivity contribution in [2.45, 2.75) is 19.4 Å². The molecule has 0 aliphatic heterocycles. The van der Waals surface area contributed by atoms with Gasteiger partial charge < -0.3 is 21.1 Å². The lowest BCUT2D eigenvalue weighted by molar-refractivity contribution is -0.137. The van der Waals surface area contributed by atoms with E-state index in [1.165, 1.54) is 4.90 Å². The molecular weight excluding hydrogens is 274 g/mol. The molecule has 0 aromatic heterocycles. The second-order valence-electron chi connectivity index (χ2n) is 4.64. The summed E-state index contributed by atoms with van der Waals surface area (Å²) < 4.78 is 0. The minimum absolute atomic E-state index is 0.0370. The Labute approximate surface area is 122 Å². The van der Waals surface area contributed by atoms with E-state index in [0.717, 1.165) is 5.56 Å². The summed E-state index contributed by atoms with van der Waals surface area (Å²) in [4.78, 5) is 34.6. The number of benzene rings is 1. The Morgan fingerprint density at radius 1 is 1.24 bits per heavy atom. The first kappa shape index (κ1) is 16.5. The van der Waals surface area contributed by atoms with Crippen LogP contribution in [-0.4, -0.2) is 41.5 Å². The van der Waals surface area contributed by atoms with Crippen LogP contribution >= 0.6 is 0 Å². The summed E-state index contributed by atoms with van der Waals surface area (Å²) in [5.41, 5.74) is 6.32. The van der Waals surface area contributed by atoms with Crippen LogP contribution in [0.5, 0.6) is 0 Å². The number of carbonyl (C=O) groups is 3. The van der Waals surface area contributed by atoms with Crippen molar-refractivity contribution in [2.24, 2.45) is 5.73 Å². The van der Waals surface area contributed by atoms with Crippen LogP contribution in [0.2, 0.25) is 0 Å². The molecule has 4 N–H and O–H groups in total. The summed E-state index contributed by atoms with van der Waals surface area (Å²) in [6.07, 6.45) is 0.452. The Bertz CT molecular complexity index is 513. The number of primary amides is 1. The van der Waals surface area contributed by atoms with E-state index in [1.54, 1.807) is 31.3 Å². The molecule has 21 heavy (non-hydrogen) atoms. The number of carboxylic acids is 1. The quantitative estimate of drug-likeness (QED) is 0.689. The lowest BCUT2D eigenvalue weighted by Crippen LogP contribution is -2.29.